The molecule has 0 amide bonds. The first-order chi connectivity index (χ1) is 10.1. The number of hydrogen-bond acceptors (Lipinski definition) is 2. The van der Waals surface area contributed by atoms with Gasteiger partial charge in [0.05, 0.1) is 0 Å². The van der Waals surface area contributed by atoms with Crippen molar-refractivity contribution < 1.29 is 0 Å². The van der Waals surface area contributed by atoms with Crippen LogP contribution >= 0.6 is 0 Å². The van der Waals surface area contributed by atoms with E-state index in [4.69, 9.17) is 5.73 Å². The van der Waals surface area contributed by atoms with E-state index in [1.54, 1.807) is 0 Å². The number of nitrogens with two attached hydrogens (primary N) is 1. The van der Waals surface area contributed by atoms with E-state index in [1.165, 1.54) is 43.4 Å². The van der Waals surface area contributed by atoms with E-state index in [1.807, 2.05) is 0 Å². The maximum absolute atomic E-state index is 6.42. The first-order valence-electron chi connectivity index (χ1n) is 8.71. The van der Waals surface area contributed by atoms with Crippen molar-refractivity contribution in [2.45, 2.75) is 58.9 Å². The van der Waals surface area contributed by atoms with Gasteiger partial charge in [0.1, 0.15) is 0 Å². The minimum Gasteiger partial charge on any atom is -0.371 e. The molecular weight excluding hydrogens is 256 g/mol. The molecule has 2 heteroatoms. The van der Waals surface area contributed by atoms with Crippen molar-refractivity contribution in [2.75, 3.05) is 18.0 Å². The van der Waals surface area contributed by atoms with Crippen molar-refractivity contribution in [3.63, 3.8) is 0 Å². The topological polar surface area (TPSA) is 29.3 Å². The van der Waals surface area contributed by atoms with Crippen molar-refractivity contribution in [3.05, 3.63) is 29.8 Å². The molecule has 1 aliphatic rings. The summed E-state index contributed by atoms with van der Waals surface area (Å²) in [6.07, 6.45) is 6.54. The number of anilines is 1. The fourth-order valence-corrected chi connectivity index (χ4v) is 3.72. The Balaban J connectivity index is 2.00. The molecule has 1 saturated carbocycles. The summed E-state index contributed by atoms with van der Waals surface area (Å²) in [5, 5.41) is 0. The lowest BCUT2D eigenvalue weighted by molar-refractivity contribution is 0.225. The van der Waals surface area contributed by atoms with Gasteiger partial charge >= 0.3 is 0 Å². The summed E-state index contributed by atoms with van der Waals surface area (Å²) >= 11 is 0. The van der Waals surface area contributed by atoms with Gasteiger partial charge in [0.15, 0.2) is 0 Å². The third-order valence-corrected chi connectivity index (χ3v) is 5.08. The number of benzene rings is 1. The molecule has 0 saturated heterocycles. The van der Waals surface area contributed by atoms with Crippen molar-refractivity contribution in [3.8, 4) is 0 Å². The summed E-state index contributed by atoms with van der Waals surface area (Å²) < 4.78 is 0. The standard InChI is InChI=1S/C19H32N2/c1-4-6-16-9-12-19(20)17(13-16)14-21(5-2)18-10-7-15(3)8-11-18/h7-8,10-11,16-17,19H,4-6,9,12-14,20H2,1-3H3. The van der Waals surface area contributed by atoms with Crippen LogP contribution in [0.4, 0.5) is 5.69 Å². The third-order valence-electron chi connectivity index (χ3n) is 5.08. The zero-order chi connectivity index (χ0) is 15.2. The Labute approximate surface area is 130 Å². The van der Waals surface area contributed by atoms with Gasteiger partial charge in [-0.05, 0) is 57.1 Å². The summed E-state index contributed by atoms with van der Waals surface area (Å²) in [6.45, 7) is 8.87. The minimum atomic E-state index is 0.387. The van der Waals surface area contributed by atoms with Crippen molar-refractivity contribution in [2.24, 2.45) is 17.6 Å². The average molecular weight is 288 g/mol. The van der Waals surface area contributed by atoms with Crippen LogP contribution in [-0.2, 0) is 0 Å². The van der Waals surface area contributed by atoms with Gasteiger partial charge in [-0.15, -0.1) is 0 Å². The van der Waals surface area contributed by atoms with E-state index in [2.05, 4.69) is 49.9 Å². The van der Waals surface area contributed by atoms with Crippen LogP contribution in [0.3, 0.4) is 0 Å². The molecule has 1 aliphatic carbocycles. The Kier molecular flexibility index (Phi) is 6.10. The highest BCUT2D eigenvalue weighted by Crippen LogP contribution is 2.32. The SMILES string of the molecule is CCCC1CCC(N)C(CN(CC)c2ccc(C)cc2)C1. The first kappa shape index (κ1) is 16.4. The van der Waals surface area contributed by atoms with Gasteiger partial charge in [-0.2, -0.15) is 0 Å². The predicted molar refractivity (Wildman–Crippen MR) is 92.8 cm³/mol. The van der Waals surface area contributed by atoms with E-state index < -0.39 is 0 Å². The Morgan fingerprint density at radius 3 is 2.48 bits per heavy atom. The summed E-state index contributed by atoms with van der Waals surface area (Å²) in [4.78, 5) is 2.50. The molecule has 3 atom stereocenters. The molecule has 0 heterocycles. The van der Waals surface area contributed by atoms with Crippen LogP contribution < -0.4 is 10.6 Å². The number of hydrogen-bond donors (Lipinski definition) is 1. The summed E-state index contributed by atoms with van der Waals surface area (Å²) in [5.41, 5.74) is 9.08. The smallest absolute Gasteiger partial charge is 0.0366 e. The fraction of sp³-hybridized carbons (Fsp3) is 0.684. The molecule has 0 aliphatic heterocycles. The van der Waals surface area contributed by atoms with E-state index >= 15 is 0 Å². The van der Waals surface area contributed by atoms with Crippen LogP contribution in [0, 0.1) is 18.8 Å². The van der Waals surface area contributed by atoms with E-state index in [-0.39, 0.29) is 0 Å². The molecule has 1 aromatic rings. The van der Waals surface area contributed by atoms with Crippen molar-refractivity contribution in [1.29, 1.82) is 0 Å². The second kappa shape index (κ2) is 7.84. The Hall–Kier alpha value is -1.02. The van der Waals surface area contributed by atoms with E-state index in [0.717, 1.165) is 19.0 Å². The second-order valence-electron chi connectivity index (χ2n) is 6.77. The molecule has 21 heavy (non-hydrogen) atoms. The van der Waals surface area contributed by atoms with Gasteiger partial charge < -0.3 is 10.6 Å². The maximum Gasteiger partial charge on any atom is 0.0366 e. The molecule has 0 spiro atoms. The largest absolute Gasteiger partial charge is 0.371 e. The van der Waals surface area contributed by atoms with Gasteiger partial charge in [0.25, 0.3) is 0 Å². The van der Waals surface area contributed by atoms with E-state index in [9.17, 15) is 0 Å². The Morgan fingerprint density at radius 2 is 1.86 bits per heavy atom. The van der Waals surface area contributed by atoms with Crippen LogP contribution in [0.2, 0.25) is 0 Å². The number of rotatable bonds is 6. The monoisotopic (exact) mass is 288 g/mol. The Morgan fingerprint density at radius 1 is 1.14 bits per heavy atom. The average Bonchev–Trinajstić information content (AvgIpc) is 2.49. The molecular formula is C19H32N2. The molecule has 2 nitrogen and oxygen atoms in total. The zero-order valence-corrected chi connectivity index (χ0v) is 14.0. The number of aryl methyl sites for hydroxylation is 1. The van der Waals surface area contributed by atoms with Gasteiger partial charge in [-0.1, -0.05) is 37.5 Å². The molecule has 1 aromatic carbocycles. The van der Waals surface area contributed by atoms with Crippen molar-refractivity contribution in [1.82, 2.24) is 0 Å². The van der Waals surface area contributed by atoms with Crippen LogP contribution in [-0.4, -0.2) is 19.1 Å². The quantitative estimate of drug-likeness (QED) is 0.842. The summed E-state index contributed by atoms with van der Waals surface area (Å²) in [6, 6.07) is 9.29. The summed E-state index contributed by atoms with van der Waals surface area (Å²) in [5.74, 6) is 1.55. The van der Waals surface area contributed by atoms with Gasteiger partial charge in [0, 0.05) is 24.8 Å². The molecule has 0 aromatic heterocycles. The Bertz CT molecular complexity index is 412. The minimum absolute atomic E-state index is 0.387. The zero-order valence-electron chi connectivity index (χ0n) is 14.0. The van der Waals surface area contributed by atoms with Gasteiger partial charge in [-0.3, -0.25) is 0 Å². The summed E-state index contributed by atoms with van der Waals surface area (Å²) in [7, 11) is 0. The van der Waals surface area contributed by atoms with Gasteiger partial charge in [-0.25, -0.2) is 0 Å². The van der Waals surface area contributed by atoms with Crippen LogP contribution in [0.5, 0.6) is 0 Å². The highest BCUT2D eigenvalue weighted by atomic mass is 15.1. The predicted octanol–water partition coefficient (Wildman–Crippen LogP) is 4.37. The molecule has 1 fully saturated rings. The molecule has 3 unspecified atom stereocenters. The second-order valence-corrected chi connectivity index (χ2v) is 6.77. The van der Waals surface area contributed by atoms with Crippen LogP contribution in [0.25, 0.3) is 0 Å². The molecule has 2 N–H and O–H groups in total. The van der Waals surface area contributed by atoms with Crippen LogP contribution in [0.1, 0.15) is 51.5 Å². The van der Waals surface area contributed by atoms with Crippen LogP contribution in [0.15, 0.2) is 24.3 Å². The molecule has 0 radical (unpaired) electrons. The lowest BCUT2D eigenvalue weighted by Gasteiger charge is -2.38. The maximum atomic E-state index is 6.42. The third kappa shape index (κ3) is 4.47. The van der Waals surface area contributed by atoms with Crippen molar-refractivity contribution >= 4 is 5.69 Å². The fourth-order valence-electron chi connectivity index (χ4n) is 3.72. The highest BCUT2D eigenvalue weighted by Gasteiger charge is 2.28. The van der Waals surface area contributed by atoms with Gasteiger partial charge in [0.2, 0.25) is 0 Å². The molecule has 0 bridgehead atoms. The lowest BCUT2D eigenvalue weighted by atomic mass is 9.76. The number of nitrogens with zero attached hydrogens (tertiary/aromatic N) is 1. The molecule has 118 valence electrons. The normalized spacial score (nSPS) is 25.8. The lowest BCUT2D eigenvalue weighted by Crippen LogP contribution is -2.43. The highest BCUT2D eigenvalue weighted by molar-refractivity contribution is 5.47. The van der Waals surface area contributed by atoms with E-state index in [0.29, 0.717) is 12.0 Å². The first-order valence-corrected chi connectivity index (χ1v) is 8.71. The molecule has 2 rings (SSSR count).